The van der Waals surface area contributed by atoms with Crippen molar-refractivity contribution in [2.24, 2.45) is 0 Å². The highest BCUT2D eigenvalue weighted by Gasteiger charge is 2.22. The third-order valence-corrected chi connectivity index (χ3v) is 3.61. The summed E-state index contributed by atoms with van der Waals surface area (Å²) in [7, 11) is 0. The minimum Gasteiger partial charge on any atom is -0.481 e. The fourth-order valence-corrected chi connectivity index (χ4v) is 2.43. The van der Waals surface area contributed by atoms with Gasteiger partial charge in [0.1, 0.15) is 5.56 Å². The SMILES string of the molecule is Cc1ccc(C(=O)N[C@@H](CC(=O)O)c2ccccc2Cl)c(=O)[nH]1. The summed E-state index contributed by atoms with van der Waals surface area (Å²) < 4.78 is 0. The lowest BCUT2D eigenvalue weighted by atomic mass is 10.0. The van der Waals surface area contributed by atoms with E-state index in [0.29, 0.717) is 16.3 Å². The number of halogens is 1. The second-order valence-corrected chi connectivity index (χ2v) is 5.44. The molecular weight excluding hydrogens is 320 g/mol. The number of aliphatic carboxylic acids is 1. The Labute approximate surface area is 137 Å². The molecule has 0 fully saturated rings. The summed E-state index contributed by atoms with van der Waals surface area (Å²) >= 11 is 6.07. The van der Waals surface area contributed by atoms with E-state index in [-0.39, 0.29) is 12.0 Å². The zero-order valence-corrected chi connectivity index (χ0v) is 13.1. The summed E-state index contributed by atoms with van der Waals surface area (Å²) in [5, 5.41) is 12.0. The van der Waals surface area contributed by atoms with Crippen LogP contribution in [0, 0.1) is 6.92 Å². The molecule has 0 aliphatic carbocycles. The van der Waals surface area contributed by atoms with Crippen LogP contribution >= 0.6 is 11.6 Å². The molecular formula is C16H15ClN2O4. The van der Waals surface area contributed by atoms with Gasteiger partial charge in [0, 0.05) is 10.7 Å². The maximum Gasteiger partial charge on any atom is 0.305 e. The molecule has 1 atom stereocenters. The molecule has 7 heteroatoms. The number of carboxylic acid groups (broad SMARTS) is 1. The van der Waals surface area contributed by atoms with Crippen LogP contribution < -0.4 is 10.9 Å². The van der Waals surface area contributed by atoms with Crippen LogP contribution in [0.3, 0.4) is 0 Å². The fourth-order valence-electron chi connectivity index (χ4n) is 2.16. The summed E-state index contributed by atoms with van der Waals surface area (Å²) in [5.74, 6) is -1.74. The Balaban J connectivity index is 2.31. The number of carbonyl (C=O) groups is 2. The first-order chi connectivity index (χ1) is 10.9. The van der Waals surface area contributed by atoms with Gasteiger partial charge in [0.05, 0.1) is 12.5 Å². The van der Waals surface area contributed by atoms with Gasteiger partial charge in [0.25, 0.3) is 11.5 Å². The van der Waals surface area contributed by atoms with Gasteiger partial charge in [-0.25, -0.2) is 0 Å². The number of aromatic nitrogens is 1. The van der Waals surface area contributed by atoms with Crippen molar-refractivity contribution in [2.45, 2.75) is 19.4 Å². The molecule has 23 heavy (non-hydrogen) atoms. The van der Waals surface area contributed by atoms with Gasteiger partial charge >= 0.3 is 5.97 Å². The molecule has 1 amide bonds. The highest BCUT2D eigenvalue weighted by Crippen LogP contribution is 2.25. The van der Waals surface area contributed by atoms with Gasteiger partial charge in [-0.1, -0.05) is 29.8 Å². The number of carboxylic acids is 1. The van der Waals surface area contributed by atoms with Gasteiger partial charge in [0.15, 0.2) is 0 Å². The number of hydrogen-bond acceptors (Lipinski definition) is 3. The molecule has 3 N–H and O–H groups in total. The van der Waals surface area contributed by atoms with Gasteiger partial charge in [-0.2, -0.15) is 0 Å². The minimum atomic E-state index is -1.09. The van der Waals surface area contributed by atoms with Gasteiger partial charge in [-0.3, -0.25) is 14.4 Å². The van der Waals surface area contributed by atoms with Crippen LogP contribution in [0.5, 0.6) is 0 Å². The number of pyridine rings is 1. The Morgan fingerprint density at radius 1 is 1.26 bits per heavy atom. The van der Waals surface area contributed by atoms with Crippen LogP contribution in [0.15, 0.2) is 41.2 Å². The highest BCUT2D eigenvalue weighted by atomic mass is 35.5. The Morgan fingerprint density at radius 3 is 2.57 bits per heavy atom. The average molecular weight is 335 g/mol. The molecule has 2 aromatic rings. The summed E-state index contributed by atoms with van der Waals surface area (Å²) in [6, 6.07) is 8.80. The number of aryl methyl sites for hydroxylation is 1. The monoisotopic (exact) mass is 334 g/mol. The van der Waals surface area contributed by atoms with Crippen molar-refractivity contribution in [3.63, 3.8) is 0 Å². The fraction of sp³-hybridized carbons (Fsp3) is 0.188. The van der Waals surface area contributed by atoms with E-state index >= 15 is 0 Å². The smallest absolute Gasteiger partial charge is 0.305 e. The van der Waals surface area contributed by atoms with Crippen LogP contribution in [0.25, 0.3) is 0 Å². The van der Waals surface area contributed by atoms with E-state index in [4.69, 9.17) is 16.7 Å². The van der Waals surface area contributed by atoms with Crippen molar-refractivity contribution in [2.75, 3.05) is 0 Å². The van der Waals surface area contributed by atoms with Crippen LogP contribution in [-0.4, -0.2) is 22.0 Å². The molecule has 0 saturated carbocycles. The van der Waals surface area contributed by atoms with E-state index in [1.807, 2.05) is 0 Å². The molecule has 1 aromatic carbocycles. The maximum absolute atomic E-state index is 12.3. The largest absolute Gasteiger partial charge is 0.481 e. The van der Waals surface area contributed by atoms with Crippen molar-refractivity contribution in [1.82, 2.24) is 10.3 Å². The quantitative estimate of drug-likeness (QED) is 0.781. The van der Waals surface area contributed by atoms with Crippen molar-refractivity contribution >= 4 is 23.5 Å². The molecule has 1 heterocycles. The number of nitrogens with one attached hydrogen (secondary N) is 2. The maximum atomic E-state index is 12.3. The molecule has 0 aliphatic rings. The van der Waals surface area contributed by atoms with Crippen LogP contribution in [0.2, 0.25) is 5.02 Å². The molecule has 120 valence electrons. The van der Waals surface area contributed by atoms with E-state index < -0.39 is 23.5 Å². The summed E-state index contributed by atoms with van der Waals surface area (Å²) in [5.41, 5.74) is 0.488. The first-order valence-corrected chi connectivity index (χ1v) is 7.23. The molecule has 0 unspecified atom stereocenters. The molecule has 1 aromatic heterocycles. The lowest BCUT2D eigenvalue weighted by Crippen LogP contribution is -2.34. The summed E-state index contributed by atoms with van der Waals surface area (Å²) in [6.07, 6.45) is -0.348. The van der Waals surface area contributed by atoms with E-state index in [1.54, 1.807) is 37.3 Å². The number of benzene rings is 1. The molecule has 0 saturated heterocycles. The van der Waals surface area contributed by atoms with Crippen molar-refractivity contribution < 1.29 is 14.7 Å². The average Bonchev–Trinajstić information content (AvgIpc) is 2.46. The summed E-state index contributed by atoms with van der Waals surface area (Å²) in [6.45, 7) is 1.69. The lowest BCUT2D eigenvalue weighted by Gasteiger charge is -2.18. The lowest BCUT2D eigenvalue weighted by molar-refractivity contribution is -0.137. The third-order valence-electron chi connectivity index (χ3n) is 3.26. The number of carbonyl (C=O) groups excluding carboxylic acids is 1. The molecule has 6 nitrogen and oxygen atoms in total. The van der Waals surface area contributed by atoms with Crippen molar-refractivity contribution in [1.29, 1.82) is 0 Å². The van der Waals surface area contributed by atoms with Crippen LogP contribution in [0.1, 0.15) is 34.1 Å². The van der Waals surface area contributed by atoms with E-state index in [0.717, 1.165) is 0 Å². The topological polar surface area (TPSA) is 99.3 Å². The van der Waals surface area contributed by atoms with Gasteiger partial charge in [-0.15, -0.1) is 0 Å². The number of amides is 1. The van der Waals surface area contributed by atoms with Gasteiger partial charge in [-0.05, 0) is 30.7 Å². The van der Waals surface area contributed by atoms with Crippen molar-refractivity contribution in [3.8, 4) is 0 Å². The van der Waals surface area contributed by atoms with Gasteiger partial charge < -0.3 is 15.4 Å². The molecule has 0 bridgehead atoms. The van der Waals surface area contributed by atoms with Crippen molar-refractivity contribution in [3.05, 3.63) is 68.6 Å². The van der Waals surface area contributed by atoms with E-state index in [2.05, 4.69) is 10.3 Å². The first-order valence-electron chi connectivity index (χ1n) is 6.85. The Kier molecular flexibility index (Phi) is 5.18. The number of aromatic amines is 1. The normalized spacial score (nSPS) is 11.7. The minimum absolute atomic E-state index is 0.0851. The van der Waals surface area contributed by atoms with Crippen LogP contribution in [-0.2, 0) is 4.79 Å². The predicted octanol–water partition coefficient (Wildman–Crippen LogP) is 2.28. The zero-order chi connectivity index (χ0) is 17.0. The van der Waals surface area contributed by atoms with Gasteiger partial charge in [0.2, 0.25) is 0 Å². The standard InChI is InChI=1S/C16H15ClN2O4/c1-9-6-7-11(15(22)18-9)16(23)19-13(8-14(20)21)10-4-2-3-5-12(10)17/h2-7,13H,8H2,1H3,(H,18,22)(H,19,23)(H,20,21)/t13-/m0/s1. The highest BCUT2D eigenvalue weighted by molar-refractivity contribution is 6.31. The second kappa shape index (κ2) is 7.11. The second-order valence-electron chi connectivity index (χ2n) is 5.03. The number of hydrogen-bond donors (Lipinski definition) is 3. The zero-order valence-electron chi connectivity index (χ0n) is 12.3. The Morgan fingerprint density at radius 2 is 1.96 bits per heavy atom. The Bertz CT molecular complexity index is 801. The third kappa shape index (κ3) is 4.20. The summed E-state index contributed by atoms with van der Waals surface area (Å²) in [4.78, 5) is 37.7. The molecule has 2 rings (SSSR count). The van der Waals surface area contributed by atoms with E-state index in [9.17, 15) is 14.4 Å². The predicted molar refractivity (Wildman–Crippen MR) is 85.7 cm³/mol. The molecule has 0 radical (unpaired) electrons. The van der Waals surface area contributed by atoms with Crippen LogP contribution in [0.4, 0.5) is 0 Å². The number of H-pyrrole nitrogens is 1. The first kappa shape index (κ1) is 16.8. The number of rotatable bonds is 5. The van der Waals surface area contributed by atoms with E-state index in [1.165, 1.54) is 6.07 Å². The molecule has 0 aliphatic heterocycles. The molecule has 0 spiro atoms. The Hall–Kier alpha value is -2.60.